The van der Waals surface area contributed by atoms with Gasteiger partial charge in [-0.25, -0.2) is 19.4 Å². The molecule has 0 radical (unpaired) electrons. The van der Waals surface area contributed by atoms with Crippen LogP contribution >= 0.6 is 0 Å². The van der Waals surface area contributed by atoms with E-state index in [0.29, 0.717) is 47.8 Å². The summed E-state index contributed by atoms with van der Waals surface area (Å²) >= 11 is 0. The summed E-state index contributed by atoms with van der Waals surface area (Å²) < 4.78 is 20.1. The van der Waals surface area contributed by atoms with E-state index in [4.69, 9.17) is 9.57 Å². The third kappa shape index (κ3) is 7.09. The summed E-state index contributed by atoms with van der Waals surface area (Å²) in [4.78, 5) is 34.7. The zero-order valence-corrected chi connectivity index (χ0v) is 26.8. The maximum absolute atomic E-state index is 14.2. The second-order valence-corrected chi connectivity index (χ2v) is 12.2. The number of carbonyl (C=O) groups excluding carboxylic acids is 1. The minimum absolute atomic E-state index is 0.188. The van der Waals surface area contributed by atoms with Crippen molar-refractivity contribution >= 4 is 34.6 Å². The van der Waals surface area contributed by atoms with E-state index in [0.717, 1.165) is 68.9 Å². The maximum Gasteiger partial charge on any atom is 0.247 e. The molecule has 1 aromatic heterocycles. The highest BCUT2D eigenvalue weighted by Gasteiger charge is 2.31. The number of piperidine rings is 1. The third-order valence-electron chi connectivity index (χ3n) is 9.12. The van der Waals surface area contributed by atoms with Gasteiger partial charge in [-0.05, 0) is 62.2 Å². The van der Waals surface area contributed by atoms with Crippen LogP contribution in [0, 0.1) is 12.7 Å². The molecule has 2 N–H and O–H groups in total. The second kappa shape index (κ2) is 14.0. The van der Waals surface area contributed by atoms with Crippen molar-refractivity contribution in [2.45, 2.75) is 38.3 Å². The Labute approximate surface area is 269 Å². The molecule has 0 bridgehead atoms. The van der Waals surface area contributed by atoms with Crippen molar-refractivity contribution in [3.05, 3.63) is 72.3 Å². The number of ether oxygens (including phenoxy) is 1. The molecule has 3 saturated heterocycles. The first kappa shape index (κ1) is 31.7. The molecule has 0 saturated carbocycles. The minimum atomic E-state index is -0.293. The molecule has 0 aliphatic carbocycles. The maximum atomic E-state index is 14.2. The highest BCUT2D eigenvalue weighted by molar-refractivity contribution is 6.02. The van der Waals surface area contributed by atoms with E-state index in [1.807, 2.05) is 25.1 Å². The van der Waals surface area contributed by atoms with Crippen molar-refractivity contribution in [1.82, 2.24) is 19.8 Å². The molecule has 12 heteroatoms. The average Bonchev–Trinajstić information content (AvgIpc) is 3.56. The molecule has 3 aromatic rings. The smallest absolute Gasteiger partial charge is 0.247 e. The van der Waals surface area contributed by atoms with Gasteiger partial charge in [0.2, 0.25) is 5.91 Å². The average molecular weight is 631 g/mol. The number of hydrogen-bond donors (Lipinski definition) is 2. The first-order valence-electron chi connectivity index (χ1n) is 15.9. The highest BCUT2D eigenvalue weighted by atomic mass is 19.1. The zero-order valence-electron chi connectivity index (χ0n) is 26.8. The van der Waals surface area contributed by atoms with E-state index in [1.54, 1.807) is 24.3 Å². The Balaban J connectivity index is 1.23. The SMILES string of the molecule is C=CC(=O)Nc1cc(Nc2cc(N3OCC[C@@H]3c3cc(C)cc(F)c3)ncn2)c(OC)cc1N1CCC(N2CCN(C)CC2)CC1. The number of nitrogens with one attached hydrogen (secondary N) is 2. The summed E-state index contributed by atoms with van der Waals surface area (Å²) in [5.74, 6) is 1.09. The predicted molar refractivity (Wildman–Crippen MR) is 178 cm³/mol. The lowest BCUT2D eigenvalue weighted by Crippen LogP contribution is -2.52. The quantitative estimate of drug-likeness (QED) is 0.318. The number of aryl methyl sites for hydroxylation is 1. The predicted octanol–water partition coefficient (Wildman–Crippen LogP) is 4.90. The fourth-order valence-electron chi connectivity index (χ4n) is 6.67. The Morgan fingerprint density at radius 1 is 1.02 bits per heavy atom. The van der Waals surface area contributed by atoms with Crippen LogP contribution in [0.2, 0.25) is 0 Å². The Bertz CT molecular complexity index is 1540. The molecule has 244 valence electrons. The normalized spacial score (nSPS) is 19.7. The van der Waals surface area contributed by atoms with Crippen LogP contribution in [0.25, 0.3) is 0 Å². The Hall–Kier alpha value is -4.26. The van der Waals surface area contributed by atoms with Crippen LogP contribution in [0.1, 0.15) is 36.4 Å². The molecule has 4 heterocycles. The van der Waals surface area contributed by atoms with E-state index in [2.05, 4.69) is 48.9 Å². The number of piperazine rings is 1. The first-order valence-corrected chi connectivity index (χ1v) is 15.9. The van der Waals surface area contributed by atoms with Crippen molar-refractivity contribution in [3.8, 4) is 5.75 Å². The summed E-state index contributed by atoms with van der Waals surface area (Å²) in [6, 6.07) is 11.0. The minimum Gasteiger partial charge on any atom is -0.494 e. The number of methoxy groups -OCH3 is 1. The number of hydroxylamine groups is 1. The molecule has 11 nitrogen and oxygen atoms in total. The monoisotopic (exact) mass is 630 g/mol. The van der Waals surface area contributed by atoms with E-state index in [9.17, 15) is 9.18 Å². The number of hydrogen-bond acceptors (Lipinski definition) is 10. The molecule has 0 unspecified atom stereocenters. The molecular formula is C34H43FN8O3. The Morgan fingerprint density at radius 3 is 2.52 bits per heavy atom. The second-order valence-electron chi connectivity index (χ2n) is 12.2. The topological polar surface area (TPSA) is 98.3 Å². The summed E-state index contributed by atoms with van der Waals surface area (Å²) in [7, 11) is 3.81. The van der Waals surface area contributed by atoms with Crippen molar-refractivity contribution in [3.63, 3.8) is 0 Å². The van der Waals surface area contributed by atoms with Crippen molar-refractivity contribution < 1.29 is 18.8 Å². The zero-order chi connectivity index (χ0) is 32.2. The lowest BCUT2D eigenvalue weighted by atomic mass is 10.0. The van der Waals surface area contributed by atoms with Gasteiger partial charge in [0.25, 0.3) is 0 Å². The van der Waals surface area contributed by atoms with Gasteiger partial charge in [0.1, 0.15) is 23.7 Å². The molecule has 1 amide bonds. The molecule has 1 atom stereocenters. The number of nitrogens with zero attached hydrogens (tertiary/aromatic N) is 6. The van der Waals surface area contributed by atoms with E-state index in [-0.39, 0.29) is 17.8 Å². The van der Waals surface area contributed by atoms with Gasteiger partial charge in [-0.3, -0.25) is 14.5 Å². The van der Waals surface area contributed by atoms with Crippen molar-refractivity contribution in [2.24, 2.45) is 0 Å². The van der Waals surface area contributed by atoms with Gasteiger partial charge in [0.15, 0.2) is 5.82 Å². The van der Waals surface area contributed by atoms with Gasteiger partial charge in [0, 0.05) is 63.9 Å². The molecule has 2 aromatic carbocycles. The number of amides is 1. The summed E-state index contributed by atoms with van der Waals surface area (Å²) in [5.41, 5.74) is 3.86. The van der Waals surface area contributed by atoms with Crippen LogP contribution in [0.5, 0.6) is 5.75 Å². The number of anilines is 5. The number of rotatable bonds is 9. The van der Waals surface area contributed by atoms with Gasteiger partial charge in [-0.2, -0.15) is 0 Å². The fourth-order valence-corrected chi connectivity index (χ4v) is 6.67. The molecule has 3 aliphatic rings. The van der Waals surface area contributed by atoms with Crippen LogP contribution in [-0.2, 0) is 9.63 Å². The van der Waals surface area contributed by atoms with E-state index in [1.165, 1.54) is 18.5 Å². The number of carbonyl (C=O) groups is 1. The Kier molecular flexibility index (Phi) is 9.67. The fraction of sp³-hybridized carbons (Fsp3) is 0.441. The van der Waals surface area contributed by atoms with Gasteiger partial charge in [-0.15, -0.1) is 0 Å². The molecule has 46 heavy (non-hydrogen) atoms. The van der Waals surface area contributed by atoms with Gasteiger partial charge in [0.05, 0.1) is 36.8 Å². The standard InChI is InChI=1S/C34H43FN8O3/c1-5-34(44)39-27-19-28(31(45-4)20-30(27)42-9-6-26(7-10-42)41-13-11-40(3)12-14-41)38-32-21-33(37-22-36-32)43-29(8-15-46-43)24-16-23(2)17-25(35)18-24/h5,16-22,26,29H,1,6-15H2,2-4H3,(H,39,44)(H,36,37,38)/t29-/m1/s1. The van der Waals surface area contributed by atoms with Gasteiger partial charge < -0.3 is 25.2 Å². The van der Waals surface area contributed by atoms with Crippen LogP contribution in [0.15, 0.2) is 55.4 Å². The van der Waals surface area contributed by atoms with Gasteiger partial charge >= 0.3 is 0 Å². The summed E-state index contributed by atoms with van der Waals surface area (Å²) in [6.07, 6.45) is 5.53. The number of benzene rings is 2. The van der Waals surface area contributed by atoms with Gasteiger partial charge in [-0.1, -0.05) is 12.6 Å². The number of halogens is 1. The van der Waals surface area contributed by atoms with E-state index >= 15 is 0 Å². The first-order chi connectivity index (χ1) is 22.3. The number of likely N-dealkylation sites (N-methyl/N-ethyl adjacent to an activating group) is 1. The van der Waals surface area contributed by atoms with Crippen molar-refractivity contribution in [2.75, 3.05) is 80.6 Å². The summed E-state index contributed by atoms with van der Waals surface area (Å²) in [5, 5.41) is 8.06. The van der Waals surface area contributed by atoms with Crippen molar-refractivity contribution in [1.29, 1.82) is 0 Å². The van der Waals surface area contributed by atoms with Crippen LogP contribution in [-0.4, -0.2) is 91.7 Å². The molecule has 3 fully saturated rings. The van der Waals surface area contributed by atoms with E-state index < -0.39 is 0 Å². The Morgan fingerprint density at radius 2 is 1.80 bits per heavy atom. The van der Waals surface area contributed by atoms with Crippen LogP contribution in [0.3, 0.4) is 0 Å². The molecular weight excluding hydrogens is 587 g/mol. The molecule has 0 spiro atoms. The largest absolute Gasteiger partial charge is 0.494 e. The lowest BCUT2D eigenvalue weighted by Gasteiger charge is -2.43. The molecule has 3 aliphatic heterocycles. The third-order valence-corrected chi connectivity index (χ3v) is 9.12. The molecule has 6 rings (SSSR count). The number of aromatic nitrogens is 2. The van der Waals surface area contributed by atoms with Crippen LogP contribution in [0.4, 0.5) is 33.1 Å². The highest BCUT2D eigenvalue weighted by Crippen LogP contribution is 2.40. The summed E-state index contributed by atoms with van der Waals surface area (Å²) in [6.45, 7) is 12.2. The lowest BCUT2D eigenvalue weighted by molar-refractivity contribution is -0.111. The van der Waals surface area contributed by atoms with Crippen LogP contribution < -0.4 is 25.3 Å².